The number of hydrogen-bond acceptors (Lipinski definition) is 4. The van der Waals surface area contributed by atoms with Crippen molar-refractivity contribution in [3.05, 3.63) is 24.2 Å². The molecular weight excluding hydrogens is 292 g/mol. The fourth-order valence-electron chi connectivity index (χ4n) is 3.83. The Bertz CT molecular complexity index is 496. The normalized spacial score (nSPS) is 24.1. The van der Waals surface area contributed by atoms with Gasteiger partial charge in [0, 0.05) is 20.2 Å². The van der Waals surface area contributed by atoms with Crippen molar-refractivity contribution in [2.24, 2.45) is 11.3 Å². The summed E-state index contributed by atoms with van der Waals surface area (Å²) in [6.45, 7) is 4.33. The van der Waals surface area contributed by atoms with Crippen molar-refractivity contribution >= 4 is 5.91 Å². The van der Waals surface area contributed by atoms with Crippen molar-refractivity contribution in [3.8, 4) is 0 Å². The van der Waals surface area contributed by atoms with Crippen molar-refractivity contribution in [1.82, 2.24) is 10.2 Å². The van der Waals surface area contributed by atoms with Crippen LogP contribution in [0, 0.1) is 11.3 Å². The number of methoxy groups -OCH3 is 1. The predicted octanol–water partition coefficient (Wildman–Crippen LogP) is 2.42. The zero-order chi connectivity index (χ0) is 16.1. The van der Waals surface area contributed by atoms with Crippen molar-refractivity contribution in [1.29, 1.82) is 0 Å². The first-order valence-electron chi connectivity index (χ1n) is 8.74. The molecule has 1 atom stereocenters. The molecular formula is C18H28N2O3. The van der Waals surface area contributed by atoms with Crippen LogP contribution in [0.4, 0.5) is 0 Å². The molecule has 1 aliphatic heterocycles. The molecule has 1 aromatic rings. The average molecular weight is 320 g/mol. The van der Waals surface area contributed by atoms with Crippen LogP contribution < -0.4 is 5.32 Å². The Balaban J connectivity index is 1.45. The van der Waals surface area contributed by atoms with Gasteiger partial charge in [0.25, 0.3) is 0 Å². The average Bonchev–Trinajstić information content (AvgIpc) is 3.02. The van der Waals surface area contributed by atoms with E-state index >= 15 is 0 Å². The second-order valence-corrected chi connectivity index (χ2v) is 7.10. The van der Waals surface area contributed by atoms with E-state index in [4.69, 9.17) is 9.15 Å². The summed E-state index contributed by atoms with van der Waals surface area (Å²) in [5.41, 5.74) is -0.253. The highest BCUT2D eigenvalue weighted by Crippen LogP contribution is 2.41. The van der Waals surface area contributed by atoms with E-state index in [1.54, 1.807) is 13.4 Å². The molecule has 0 bridgehead atoms. The molecule has 0 spiro atoms. The van der Waals surface area contributed by atoms with Gasteiger partial charge in [-0.2, -0.15) is 0 Å². The maximum absolute atomic E-state index is 12.5. The summed E-state index contributed by atoms with van der Waals surface area (Å²) in [5, 5.41) is 3.19. The van der Waals surface area contributed by atoms with Gasteiger partial charge in [-0.25, -0.2) is 0 Å². The first-order valence-corrected chi connectivity index (χ1v) is 8.74. The van der Waals surface area contributed by atoms with E-state index in [1.165, 1.54) is 12.8 Å². The molecule has 2 heterocycles. The van der Waals surface area contributed by atoms with Crippen LogP contribution in [0.5, 0.6) is 0 Å². The standard InChI is InChI=1S/C18H28N2O3/c1-22-14-18(7-4-8-18)17(21)19-11-15-5-2-9-20(12-15)13-16-6-3-10-23-16/h3,6,10,15H,2,4-5,7-9,11-14H2,1H3,(H,19,21). The smallest absolute Gasteiger partial charge is 0.228 e. The number of carbonyl (C=O) groups is 1. The molecule has 1 amide bonds. The Morgan fingerprint density at radius 3 is 3.00 bits per heavy atom. The molecule has 1 saturated heterocycles. The van der Waals surface area contributed by atoms with Crippen molar-refractivity contribution in [2.45, 2.75) is 38.6 Å². The Hall–Kier alpha value is -1.33. The zero-order valence-corrected chi connectivity index (χ0v) is 14.1. The van der Waals surface area contributed by atoms with Gasteiger partial charge in [0.2, 0.25) is 5.91 Å². The summed E-state index contributed by atoms with van der Waals surface area (Å²) in [7, 11) is 1.68. The molecule has 128 valence electrons. The van der Waals surface area contributed by atoms with Gasteiger partial charge in [-0.05, 0) is 50.3 Å². The number of nitrogens with one attached hydrogen (secondary N) is 1. The van der Waals surface area contributed by atoms with E-state index < -0.39 is 0 Å². The molecule has 1 aromatic heterocycles. The van der Waals surface area contributed by atoms with Crippen LogP contribution in [0.15, 0.2) is 22.8 Å². The number of likely N-dealkylation sites (tertiary alicyclic amines) is 1. The maximum atomic E-state index is 12.5. The lowest BCUT2D eigenvalue weighted by Gasteiger charge is -2.40. The summed E-state index contributed by atoms with van der Waals surface area (Å²) >= 11 is 0. The highest BCUT2D eigenvalue weighted by molar-refractivity contribution is 5.83. The van der Waals surface area contributed by atoms with Crippen LogP contribution >= 0.6 is 0 Å². The van der Waals surface area contributed by atoms with Crippen LogP contribution in [0.2, 0.25) is 0 Å². The third-order valence-electron chi connectivity index (χ3n) is 5.33. The number of carbonyl (C=O) groups excluding carboxylic acids is 1. The number of amides is 1. The minimum Gasteiger partial charge on any atom is -0.468 e. The number of nitrogens with zero attached hydrogens (tertiary/aromatic N) is 1. The molecule has 0 aromatic carbocycles. The first-order chi connectivity index (χ1) is 11.2. The minimum absolute atomic E-state index is 0.189. The zero-order valence-electron chi connectivity index (χ0n) is 14.1. The van der Waals surface area contributed by atoms with Gasteiger partial charge in [0.1, 0.15) is 5.76 Å². The highest BCUT2D eigenvalue weighted by Gasteiger charge is 2.44. The van der Waals surface area contributed by atoms with E-state index in [0.717, 1.165) is 51.2 Å². The van der Waals surface area contributed by atoms with E-state index in [0.29, 0.717) is 12.5 Å². The van der Waals surface area contributed by atoms with Crippen molar-refractivity contribution in [3.63, 3.8) is 0 Å². The highest BCUT2D eigenvalue weighted by atomic mass is 16.5. The molecule has 1 N–H and O–H groups in total. The maximum Gasteiger partial charge on any atom is 0.228 e. The molecule has 23 heavy (non-hydrogen) atoms. The number of hydrogen-bond donors (Lipinski definition) is 1. The summed E-state index contributed by atoms with van der Waals surface area (Å²) in [4.78, 5) is 14.9. The van der Waals surface area contributed by atoms with Gasteiger partial charge in [0.05, 0.1) is 24.8 Å². The lowest BCUT2D eigenvalue weighted by Crippen LogP contribution is -2.50. The molecule has 1 aliphatic carbocycles. The van der Waals surface area contributed by atoms with E-state index in [1.807, 2.05) is 12.1 Å². The van der Waals surface area contributed by atoms with Crippen LogP contribution in [-0.4, -0.2) is 44.2 Å². The quantitative estimate of drug-likeness (QED) is 0.838. The summed E-state index contributed by atoms with van der Waals surface area (Å²) in [6.07, 6.45) is 7.16. The van der Waals surface area contributed by atoms with Gasteiger partial charge in [-0.1, -0.05) is 6.42 Å². The molecule has 5 heteroatoms. The van der Waals surface area contributed by atoms with Crippen molar-refractivity contribution in [2.75, 3.05) is 33.4 Å². The van der Waals surface area contributed by atoms with Crippen LogP contribution in [0.25, 0.3) is 0 Å². The Kier molecular flexibility index (Phi) is 5.38. The molecule has 1 saturated carbocycles. The van der Waals surface area contributed by atoms with Gasteiger partial charge >= 0.3 is 0 Å². The molecule has 3 rings (SSSR count). The van der Waals surface area contributed by atoms with Gasteiger partial charge < -0.3 is 14.5 Å². The molecule has 2 aliphatic rings. The molecule has 2 fully saturated rings. The molecule has 5 nitrogen and oxygen atoms in total. The summed E-state index contributed by atoms with van der Waals surface area (Å²) < 4.78 is 10.7. The minimum atomic E-state index is -0.253. The molecule has 1 unspecified atom stereocenters. The monoisotopic (exact) mass is 320 g/mol. The van der Waals surface area contributed by atoms with Crippen molar-refractivity contribution < 1.29 is 13.9 Å². The Morgan fingerprint density at radius 1 is 1.48 bits per heavy atom. The predicted molar refractivity (Wildman–Crippen MR) is 87.9 cm³/mol. The summed E-state index contributed by atoms with van der Waals surface area (Å²) in [6, 6.07) is 3.96. The Morgan fingerprint density at radius 2 is 2.35 bits per heavy atom. The lowest BCUT2D eigenvalue weighted by atomic mass is 9.68. The van der Waals surface area contributed by atoms with E-state index in [2.05, 4.69) is 10.2 Å². The van der Waals surface area contributed by atoms with Gasteiger partial charge in [0.15, 0.2) is 0 Å². The third kappa shape index (κ3) is 3.96. The summed E-state index contributed by atoms with van der Waals surface area (Å²) in [5.74, 6) is 1.74. The topological polar surface area (TPSA) is 54.7 Å². The number of ether oxygens (including phenoxy) is 1. The first kappa shape index (κ1) is 16.5. The third-order valence-corrected chi connectivity index (χ3v) is 5.33. The van der Waals surface area contributed by atoms with Gasteiger partial charge in [-0.3, -0.25) is 9.69 Å². The number of piperidine rings is 1. The van der Waals surface area contributed by atoms with E-state index in [9.17, 15) is 4.79 Å². The van der Waals surface area contributed by atoms with Gasteiger partial charge in [-0.15, -0.1) is 0 Å². The van der Waals surface area contributed by atoms with Crippen LogP contribution in [-0.2, 0) is 16.1 Å². The van der Waals surface area contributed by atoms with Crippen LogP contribution in [0.1, 0.15) is 37.9 Å². The fourth-order valence-corrected chi connectivity index (χ4v) is 3.83. The number of furan rings is 1. The van der Waals surface area contributed by atoms with Crippen LogP contribution in [0.3, 0.4) is 0 Å². The second kappa shape index (κ2) is 7.49. The largest absolute Gasteiger partial charge is 0.468 e. The molecule has 0 radical (unpaired) electrons. The van der Waals surface area contributed by atoms with E-state index in [-0.39, 0.29) is 11.3 Å². The number of rotatable bonds is 7. The SMILES string of the molecule is COCC1(C(=O)NCC2CCCN(Cc3ccco3)C2)CCC1. The Labute approximate surface area is 138 Å². The lowest BCUT2D eigenvalue weighted by molar-refractivity contribution is -0.140. The second-order valence-electron chi connectivity index (χ2n) is 7.10. The fraction of sp³-hybridized carbons (Fsp3) is 0.722.